The van der Waals surface area contributed by atoms with E-state index in [0.717, 1.165) is 17.5 Å². The van der Waals surface area contributed by atoms with Gasteiger partial charge in [0, 0.05) is 44.9 Å². The van der Waals surface area contributed by atoms with Gasteiger partial charge in [-0.05, 0) is 25.1 Å². The molecule has 9 heteroatoms. The topological polar surface area (TPSA) is 90.4 Å². The molecular weight excluding hydrogens is 394 g/mol. The fourth-order valence-corrected chi connectivity index (χ4v) is 3.72. The third-order valence-electron chi connectivity index (χ3n) is 5.42. The van der Waals surface area contributed by atoms with Gasteiger partial charge in [0.05, 0.1) is 31.9 Å². The Labute approximate surface area is 174 Å². The van der Waals surface area contributed by atoms with Gasteiger partial charge in [-0.15, -0.1) is 0 Å². The first-order valence-electron chi connectivity index (χ1n) is 9.72. The number of likely N-dealkylation sites (N-methyl/N-ethyl adjacent to an activating group) is 1. The number of benzene rings is 1. The molecule has 1 heterocycles. The normalized spacial score (nSPS) is 21.7. The van der Waals surface area contributed by atoms with Crippen molar-refractivity contribution in [1.82, 2.24) is 9.21 Å². The van der Waals surface area contributed by atoms with Crippen LogP contribution in [0.2, 0.25) is 0 Å². The summed E-state index contributed by atoms with van der Waals surface area (Å²) < 4.78 is 31.4. The van der Waals surface area contributed by atoms with Crippen LogP contribution in [0.4, 0.5) is 5.69 Å². The Kier molecular flexibility index (Phi) is 7.53. The number of aliphatic hydroxyl groups excluding tert-OH is 1. The largest absolute Gasteiger partial charge is 0.488 e. The second kappa shape index (κ2) is 9.32. The first-order valence-corrected chi connectivity index (χ1v) is 11.6. The lowest BCUT2D eigenvalue weighted by atomic mass is 10.0. The highest BCUT2D eigenvalue weighted by Crippen LogP contribution is 2.30. The fourth-order valence-electron chi connectivity index (χ4n) is 3.30. The van der Waals surface area contributed by atoms with Gasteiger partial charge < -0.3 is 19.6 Å². The van der Waals surface area contributed by atoms with Gasteiger partial charge in [-0.25, -0.2) is 12.7 Å². The third kappa shape index (κ3) is 5.83. The first-order chi connectivity index (χ1) is 13.4. The van der Waals surface area contributed by atoms with Crippen molar-refractivity contribution in [2.45, 2.75) is 32.4 Å². The zero-order valence-electron chi connectivity index (χ0n) is 18.1. The zero-order chi connectivity index (χ0) is 21.9. The highest BCUT2D eigenvalue weighted by atomic mass is 32.2. The quantitative estimate of drug-likeness (QED) is 0.722. The molecule has 0 radical (unpaired) electrons. The van der Waals surface area contributed by atoms with Crippen LogP contribution < -0.4 is 9.64 Å². The van der Waals surface area contributed by atoms with E-state index in [2.05, 4.69) is 0 Å². The van der Waals surface area contributed by atoms with E-state index in [4.69, 9.17) is 4.74 Å². The zero-order valence-corrected chi connectivity index (χ0v) is 18.9. The summed E-state index contributed by atoms with van der Waals surface area (Å²) in [7, 11) is 2.00. The third-order valence-corrected chi connectivity index (χ3v) is 6.70. The molecule has 0 aliphatic carbocycles. The molecule has 1 amide bonds. The molecule has 0 aromatic heterocycles. The predicted molar refractivity (Wildman–Crippen MR) is 114 cm³/mol. The maximum absolute atomic E-state index is 13.0. The molecule has 1 aliphatic rings. The minimum absolute atomic E-state index is 0.0868. The second-order valence-electron chi connectivity index (χ2n) is 8.12. The number of sulfonamides is 1. The summed E-state index contributed by atoms with van der Waals surface area (Å²) in [6, 6.07) is 5.33. The summed E-state index contributed by atoms with van der Waals surface area (Å²) >= 11 is 0. The van der Waals surface area contributed by atoms with Gasteiger partial charge in [-0.3, -0.25) is 4.79 Å². The number of ether oxygens (including phenoxy) is 1. The van der Waals surface area contributed by atoms with E-state index in [1.165, 1.54) is 11.4 Å². The van der Waals surface area contributed by atoms with E-state index >= 15 is 0 Å². The molecule has 1 aromatic carbocycles. The standard InChI is InChI=1S/C20H33N3O5S/c1-14-11-23(15(2)13-24)20(25)10-16-9-17(21(3)4)7-8-18(16)28-19(14)12-22(5)29(6,26)27/h7-9,14-15,19,24H,10-13H2,1-6H3/t14-,15+,19-/m1/s1. The molecule has 0 saturated carbocycles. The number of carbonyl (C=O) groups excluding carboxylic acids is 1. The van der Waals surface area contributed by atoms with Crippen molar-refractivity contribution in [3.8, 4) is 5.75 Å². The molecule has 2 rings (SSSR count). The van der Waals surface area contributed by atoms with Gasteiger partial charge in [0.1, 0.15) is 11.9 Å². The maximum Gasteiger partial charge on any atom is 0.227 e. The average molecular weight is 428 g/mol. The van der Waals surface area contributed by atoms with E-state index in [-0.39, 0.29) is 37.4 Å². The Balaban J connectivity index is 2.48. The Morgan fingerprint density at radius 3 is 2.52 bits per heavy atom. The molecule has 0 bridgehead atoms. The van der Waals surface area contributed by atoms with Crippen LogP contribution in [-0.2, 0) is 21.2 Å². The predicted octanol–water partition coefficient (Wildman–Crippen LogP) is 0.793. The van der Waals surface area contributed by atoms with Crippen LogP contribution in [0, 0.1) is 5.92 Å². The second-order valence-corrected chi connectivity index (χ2v) is 10.2. The number of rotatable bonds is 6. The van der Waals surface area contributed by atoms with Gasteiger partial charge >= 0.3 is 0 Å². The lowest BCUT2D eigenvalue weighted by Crippen LogP contribution is -2.48. The van der Waals surface area contributed by atoms with Crippen molar-refractivity contribution < 1.29 is 23.1 Å². The lowest BCUT2D eigenvalue weighted by molar-refractivity contribution is -0.134. The van der Waals surface area contributed by atoms with E-state index in [1.54, 1.807) is 11.8 Å². The van der Waals surface area contributed by atoms with E-state index in [9.17, 15) is 18.3 Å². The molecule has 164 valence electrons. The van der Waals surface area contributed by atoms with Crippen molar-refractivity contribution in [3.63, 3.8) is 0 Å². The summed E-state index contributed by atoms with van der Waals surface area (Å²) in [6.07, 6.45) is 0.870. The van der Waals surface area contributed by atoms with Crippen LogP contribution in [0.1, 0.15) is 19.4 Å². The highest BCUT2D eigenvalue weighted by molar-refractivity contribution is 7.88. The first kappa shape index (κ1) is 23.4. The Hall–Kier alpha value is -1.84. The van der Waals surface area contributed by atoms with Crippen LogP contribution in [0.5, 0.6) is 5.75 Å². The summed E-state index contributed by atoms with van der Waals surface area (Å²) in [5.74, 6) is 0.356. The van der Waals surface area contributed by atoms with E-state index in [1.807, 2.05) is 44.1 Å². The van der Waals surface area contributed by atoms with Crippen molar-refractivity contribution in [1.29, 1.82) is 0 Å². The summed E-state index contributed by atoms with van der Waals surface area (Å²) in [4.78, 5) is 16.7. The molecule has 0 unspecified atom stereocenters. The lowest BCUT2D eigenvalue weighted by Gasteiger charge is -2.33. The molecule has 8 nitrogen and oxygen atoms in total. The van der Waals surface area contributed by atoms with Gasteiger partial charge in [0.25, 0.3) is 0 Å². The Morgan fingerprint density at radius 1 is 1.31 bits per heavy atom. The Morgan fingerprint density at radius 2 is 1.97 bits per heavy atom. The number of hydrogen-bond donors (Lipinski definition) is 1. The number of fused-ring (bicyclic) bond motifs is 1. The van der Waals surface area contributed by atoms with Crippen LogP contribution in [0.15, 0.2) is 18.2 Å². The fraction of sp³-hybridized carbons (Fsp3) is 0.650. The minimum Gasteiger partial charge on any atom is -0.488 e. The van der Waals surface area contributed by atoms with Gasteiger partial charge in [-0.2, -0.15) is 0 Å². The molecule has 1 aromatic rings. The monoisotopic (exact) mass is 427 g/mol. The number of hydrogen-bond acceptors (Lipinski definition) is 6. The summed E-state index contributed by atoms with van der Waals surface area (Å²) in [6.45, 7) is 4.14. The van der Waals surface area contributed by atoms with Crippen LogP contribution in [0.25, 0.3) is 0 Å². The minimum atomic E-state index is -3.37. The molecule has 0 saturated heterocycles. The Bertz CT molecular complexity index is 827. The SMILES string of the molecule is C[C@@H]1CN([C@@H](C)CO)C(=O)Cc2cc(N(C)C)ccc2O[C@@H]1CN(C)S(C)(=O)=O. The van der Waals surface area contributed by atoms with Gasteiger partial charge in [0.2, 0.25) is 15.9 Å². The molecule has 29 heavy (non-hydrogen) atoms. The van der Waals surface area contributed by atoms with Crippen LogP contribution in [0.3, 0.4) is 0 Å². The number of anilines is 1. The molecule has 0 spiro atoms. The van der Waals surface area contributed by atoms with Crippen molar-refractivity contribution >= 4 is 21.6 Å². The molecule has 3 atom stereocenters. The number of amides is 1. The molecule has 1 aliphatic heterocycles. The van der Waals surface area contributed by atoms with Gasteiger partial charge in [0.15, 0.2) is 0 Å². The summed E-state index contributed by atoms with van der Waals surface area (Å²) in [5, 5.41) is 9.63. The van der Waals surface area contributed by atoms with Gasteiger partial charge in [-0.1, -0.05) is 6.92 Å². The van der Waals surface area contributed by atoms with Crippen molar-refractivity contribution in [2.24, 2.45) is 5.92 Å². The molecule has 1 N–H and O–H groups in total. The van der Waals surface area contributed by atoms with E-state index in [0.29, 0.717) is 12.3 Å². The smallest absolute Gasteiger partial charge is 0.227 e. The number of aliphatic hydroxyl groups is 1. The number of nitrogens with zero attached hydrogens (tertiary/aromatic N) is 3. The van der Waals surface area contributed by atoms with Crippen LogP contribution in [-0.4, -0.2) is 87.9 Å². The summed E-state index contributed by atoms with van der Waals surface area (Å²) in [5.41, 5.74) is 1.69. The van der Waals surface area contributed by atoms with E-state index < -0.39 is 16.1 Å². The van der Waals surface area contributed by atoms with Crippen molar-refractivity contribution in [2.75, 3.05) is 52.0 Å². The molecular formula is C20H33N3O5S. The van der Waals surface area contributed by atoms with Crippen LogP contribution >= 0.6 is 0 Å². The maximum atomic E-state index is 13.0. The number of carbonyl (C=O) groups is 1. The average Bonchev–Trinajstić information content (AvgIpc) is 2.68. The molecule has 0 fully saturated rings. The van der Waals surface area contributed by atoms with Crippen molar-refractivity contribution in [3.05, 3.63) is 23.8 Å². The highest BCUT2D eigenvalue weighted by Gasteiger charge is 2.32.